The molecule has 3 fully saturated rings. The van der Waals surface area contributed by atoms with Gasteiger partial charge in [-0.25, -0.2) is 0 Å². The second kappa shape index (κ2) is 5.08. The summed E-state index contributed by atoms with van der Waals surface area (Å²) >= 11 is 0. The van der Waals surface area contributed by atoms with Crippen molar-refractivity contribution in [2.45, 2.75) is 59.3 Å². The van der Waals surface area contributed by atoms with Crippen molar-refractivity contribution in [3.8, 4) is 0 Å². The lowest BCUT2D eigenvalue weighted by molar-refractivity contribution is -0.170. The van der Waals surface area contributed by atoms with Crippen molar-refractivity contribution in [3.05, 3.63) is 0 Å². The number of amides is 2. The van der Waals surface area contributed by atoms with E-state index in [1.807, 2.05) is 0 Å². The van der Waals surface area contributed by atoms with Gasteiger partial charge < -0.3 is 0 Å². The molecule has 4 heteroatoms. The molecule has 3 aliphatic rings. The smallest absolute Gasteiger partial charge is 0.236 e. The van der Waals surface area contributed by atoms with Crippen molar-refractivity contribution in [1.82, 2.24) is 9.80 Å². The Morgan fingerprint density at radius 3 is 2.29 bits per heavy atom. The third kappa shape index (κ3) is 2.14. The van der Waals surface area contributed by atoms with Crippen molar-refractivity contribution in [3.63, 3.8) is 0 Å². The topological polar surface area (TPSA) is 40.6 Å². The molecule has 1 aliphatic carbocycles. The van der Waals surface area contributed by atoms with Gasteiger partial charge in [-0.15, -0.1) is 0 Å². The summed E-state index contributed by atoms with van der Waals surface area (Å²) in [6.45, 7) is 8.81. The first-order chi connectivity index (χ1) is 9.88. The first-order valence-electron chi connectivity index (χ1n) is 8.46. The highest BCUT2D eigenvalue weighted by molar-refractivity contribution is 6.03. The maximum atomic E-state index is 13.0. The van der Waals surface area contributed by atoms with Gasteiger partial charge in [0.25, 0.3) is 0 Å². The van der Waals surface area contributed by atoms with Gasteiger partial charge in [0.05, 0.1) is 12.1 Å². The minimum atomic E-state index is -0.364. The Hall–Kier alpha value is -0.900. The van der Waals surface area contributed by atoms with E-state index in [0.29, 0.717) is 6.67 Å². The van der Waals surface area contributed by atoms with Gasteiger partial charge >= 0.3 is 0 Å². The number of carbonyl (C=O) groups excluding carboxylic acids is 2. The van der Waals surface area contributed by atoms with Crippen molar-refractivity contribution in [2.24, 2.45) is 16.7 Å². The standard InChI is InChI=1S/C17H28N2O2/c1-16(2)13-8-9-17(16,3)15(21)19(14(13)20)12-18-10-6-4-5-7-11-18/h13H,4-12H2,1-3H3/t13-,17+/m0/s1. The summed E-state index contributed by atoms with van der Waals surface area (Å²) in [5, 5.41) is 0. The van der Waals surface area contributed by atoms with Gasteiger partial charge in [-0.1, -0.05) is 33.6 Å². The Labute approximate surface area is 127 Å². The summed E-state index contributed by atoms with van der Waals surface area (Å²) in [6, 6.07) is 0. The third-order valence-electron chi connectivity index (χ3n) is 6.55. The molecule has 0 aromatic rings. The maximum Gasteiger partial charge on any atom is 0.236 e. The van der Waals surface area contributed by atoms with E-state index < -0.39 is 0 Å². The normalized spacial score (nSPS) is 36.9. The Balaban J connectivity index is 1.80. The van der Waals surface area contributed by atoms with Crippen LogP contribution in [0.1, 0.15) is 59.3 Å². The van der Waals surface area contributed by atoms with E-state index in [4.69, 9.17) is 0 Å². The fraction of sp³-hybridized carbons (Fsp3) is 0.882. The fourth-order valence-electron chi connectivity index (χ4n) is 4.51. The van der Waals surface area contributed by atoms with E-state index >= 15 is 0 Å². The number of hydrogen-bond acceptors (Lipinski definition) is 3. The molecule has 4 nitrogen and oxygen atoms in total. The minimum absolute atomic E-state index is 0.0205. The highest BCUT2D eigenvalue weighted by Crippen LogP contribution is 2.60. The van der Waals surface area contributed by atoms with Gasteiger partial charge in [-0.05, 0) is 44.2 Å². The zero-order valence-electron chi connectivity index (χ0n) is 13.7. The predicted molar refractivity (Wildman–Crippen MR) is 81.4 cm³/mol. The molecule has 3 rings (SSSR count). The van der Waals surface area contributed by atoms with E-state index in [0.717, 1.165) is 25.9 Å². The Kier molecular flexibility index (Phi) is 3.63. The van der Waals surface area contributed by atoms with Crippen molar-refractivity contribution in [1.29, 1.82) is 0 Å². The van der Waals surface area contributed by atoms with Crippen LogP contribution >= 0.6 is 0 Å². The summed E-state index contributed by atoms with van der Waals surface area (Å²) in [7, 11) is 0. The molecule has 0 unspecified atom stereocenters. The lowest BCUT2D eigenvalue weighted by Gasteiger charge is -2.48. The molecule has 21 heavy (non-hydrogen) atoms. The van der Waals surface area contributed by atoms with Gasteiger partial charge in [-0.2, -0.15) is 0 Å². The lowest BCUT2D eigenvalue weighted by Crippen LogP contribution is -2.61. The van der Waals surface area contributed by atoms with Crippen molar-refractivity contribution >= 4 is 11.8 Å². The number of hydrogen-bond donors (Lipinski definition) is 0. The number of imide groups is 1. The van der Waals surface area contributed by atoms with Crippen LogP contribution in [0.15, 0.2) is 0 Å². The Morgan fingerprint density at radius 2 is 1.67 bits per heavy atom. The van der Waals surface area contributed by atoms with Crippen LogP contribution in [-0.4, -0.2) is 41.4 Å². The zero-order chi connectivity index (χ0) is 15.3. The summed E-state index contributed by atoms with van der Waals surface area (Å²) in [5.74, 6) is 0.159. The minimum Gasteiger partial charge on any atom is -0.286 e. The quantitative estimate of drug-likeness (QED) is 0.735. The first kappa shape index (κ1) is 15.0. The molecule has 0 radical (unpaired) electrons. The average Bonchev–Trinajstić information content (AvgIpc) is 2.64. The summed E-state index contributed by atoms with van der Waals surface area (Å²) in [4.78, 5) is 29.6. The lowest BCUT2D eigenvalue weighted by atomic mass is 9.62. The van der Waals surface area contributed by atoms with Crippen LogP contribution in [-0.2, 0) is 9.59 Å². The van der Waals surface area contributed by atoms with E-state index in [9.17, 15) is 9.59 Å². The number of carbonyl (C=O) groups is 2. The average molecular weight is 292 g/mol. The van der Waals surface area contributed by atoms with Gasteiger partial charge in [0.15, 0.2) is 0 Å². The number of rotatable bonds is 2. The number of fused-ring (bicyclic) bond motifs is 2. The van der Waals surface area contributed by atoms with Crippen LogP contribution in [0.4, 0.5) is 0 Å². The highest BCUT2D eigenvalue weighted by Gasteiger charge is 2.64. The molecular formula is C17H28N2O2. The molecule has 2 amide bonds. The first-order valence-corrected chi connectivity index (χ1v) is 8.46. The van der Waals surface area contributed by atoms with Gasteiger partial charge in [0.1, 0.15) is 0 Å². The predicted octanol–water partition coefficient (Wildman–Crippen LogP) is 2.63. The molecule has 2 bridgehead atoms. The van der Waals surface area contributed by atoms with Crippen LogP contribution in [0, 0.1) is 16.7 Å². The van der Waals surface area contributed by atoms with Crippen LogP contribution in [0.3, 0.4) is 0 Å². The fourth-order valence-corrected chi connectivity index (χ4v) is 4.51. The molecule has 0 aromatic heterocycles. The van der Waals surface area contributed by atoms with E-state index in [-0.39, 0.29) is 28.6 Å². The van der Waals surface area contributed by atoms with Crippen molar-refractivity contribution < 1.29 is 9.59 Å². The second-order valence-corrected chi connectivity index (χ2v) is 7.89. The molecule has 2 heterocycles. The SMILES string of the molecule is CC1(C)[C@H]2CC[C@]1(C)C(=O)N(CN1CCCCCC1)C2=O. The molecule has 0 spiro atoms. The summed E-state index contributed by atoms with van der Waals surface area (Å²) in [5.41, 5.74) is -0.562. The van der Waals surface area contributed by atoms with Crippen LogP contribution < -0.4 is 0 Å². The van der Waals surface area contributed by atoms with Gasteiger partial charge in [-0.3, -0.25) is 19.4 Å². The van der Waals surface area contributed by atoms with Gasteiger partial charge in [0.2, 0.25) is 11.8 Å². The molecule has 0 aromatic carbocycles. The Morgan fingerprint density at radius 1 is 1.05 bits per heavy atom. The summed E-state index contributed by atoms with van der Waals surface area (Å²) < 4.78 is 0. The number of nitrogens with zero attached hydrogens (tertiary/aromatic N) is 2. The van der Waals surface area contributed by atoms with Crippen LogP contribution in [0.25, 0.3) is 0 Å². The zero-order valence-corrected chi connectivity index (χ0v) is 13.7. The molecule has 2 saturated heterocycles. The number of piperidine rings is 1. The molecule has 2 atom stereocenters. The van der Waals surface area contributed by atoms with Crippen molar-refractivity contribution in [2.75, 3.05) is 19.8 Å². The molecular weight excluding hydrogens is 264 g/mol. The molecule has 2 aliphatic heterocycles. The summed E-state index contributed by atoms with van der Waals surface area (Å²) in [6.07, 6.45) is 6.62. The Bertz CT molecular complexity index is 452. The largest absolute Gasteiger partial charge is 0.286 e. The molecule has 118 valence electrons. The van der Waals surface area contributed by atoms with Gasteiger partial charge in [0, 0.05) is 5.92 Å². The van der Waals surface area contributed by atoms with E-state index in [1.54, 1.807) is 4.90 Å². The van der Waals surface area contributed by atoms with Crippen LogP contribution in [0.5, 0.6) is 0 Å². The second-order valence-electron chi connectivity index (χ2n) is 7.89. The molecule has 1 saturated carbocycles. The van der Waals surface area contributed by atoms with Crippen LogP contribution in [0.2, 0.25) is 0 Å². The third-order valence-corrected chi connectivity index (χ3v) is 6.55. The monoisotopic (exact) mass is 292 g/mol. The van der Waals surface area contributed by atoms with E-state index in [2.05, 4.69) is 25.7 Å². The maximum absolute atomic E-state index is 13.0. The van der Waals surface area contributed by atoms with E-state index in [1.165, 1.54) is 25.7 Å². The highest BCUT2D eigenvalue weighted by atomic mass is 16.2. The number of likely N-dealkylation sites (tertiary alicyclic amines) is 2. The molecule has 0 N–H and O–H groups in total.